The third-order valence-corrected chi connectivity index (χ3v) is 5.13. The third kappa shape index (κ3) is 4.17. The van der Waals surface area contributed by atoms with Gasteiger partial charge in [0.05, 0.1) is 10.7 Å². The number of aromatic nitrogens is 2. The quantitative estimate of drug-likeness (QED) is 0.654. The first-order valence-electron chi connectivity index (χ1n) is 9.12. The largest absolute Gasteiger partial charge is 0.437 e. The van der Waals surface area contributed by atoms with Gasteiger partial charge in [-0.2, -0.15) is 4.68 Å². The van der Waals surface area contributed by atoms with Crippen molar-refractivity contribution >= 4 is 23.2 Å². The zero-order valence-electron chi connectivity index (χ0n) is 15.4. The van der Waals surface area contributed by atoms with E-state index in [0.29, 0.717) is 36.8 Å². The normalized spacial score (nSPS) is 14.3. The number of halogens is 2. The van der Waals surface area contributed by atoms with Crippen LogP contribution in [0.4, 0.5) is 10.1 Å². The van der Waals surface area contributed by atoms with Crippen LogP contribution < -0.4 is 10.7 Å². The molecule has 1 amide bonds. The molecule has 4 rings (SSSR count). The van der Waals surface area contributed by atoms with Gasteiger partial charge in [-0.1, -0.05) is 23.7 Å². The average molecular weight is 417 g/mol. The molecule has 0 radical (unpaired) electrons. The van der Waals surface area contributed by atoms with Crippen LogP contribution in [0.3, 0.4) is 0 Å². The van der Waals surface area contributed by atoms with Crippen LogP contribution in [0.2, 0.25) is 5.02 Å². The minimum Gasteiger partial charge on any atom is -0.388 e. The highest BCUT2D eigenvalue weighted by atomic mass is 35.5. The summed E-state index contributed by atoms with van der Waals surface area (Å²) < 4.78 is 19.1. The van der Waals surface area contributed by atoms with Gasteiger partial charge in [-0.15, -0.1) is 5.10 Å². The summed E-state index contributed by atoms with van der Waals surface area (Å²) in [4.78, 5) is 28.5. The van der Waals surface area contributed by atoms with E-state index in [9.17, 15) is 14.0 Å². The molecule has 1 aromatic heterocycles. The van der Waals surface area contributed by atoms with Crippen LogP contribution in [0.5, 0.6) is 0 Å². The van der Waals surface area contributed by atoms with E-state index in [4.69, 9.17) is 16.0 Å². The molecule has 0 aliphatic carbocycles. The lowest BCUT2D eigenvalue weighted by atomic mass is 10.2. The Morgan fingerprint density at radius 1 is 1.07 bits per heavy atom. The first-order valence-corrected chi connectivity index (χ1v) is 9.50. The van der Waals surface area contributed by atoms with Crippen molar-refractivity contribution in [1.29, 1.82) is 0 Å². The van der Waals surface area contributed by atoms with E-state index in [2.05, 4.69) is 10.00 Å². The van der Waals surface area contributed by atoms with Crippen molar-refractivity contribution in [1.82, 2.24) is 14.7 Å². The van der Waals surface area contributed by atoms with Crippen LogP contribution in [-0.4, -0.2) is 46.8 Å². The molecule has 1 saturated heterocycles. The molecule has 150 valence electrons. The van der Waals surface area contributed by atoms with E-state index in [1.165, 1.54) is 24.3 Å². The molecule has 7 nitrogen and oxygen atoms in total. The monoisotopic (exact) mass is 416 g/mol. The van der Waals surface area contributed by atoms with Gasteiger partial charge in [0.2, 0.25) is 11.8 Å². The minimum atomic E-state index is -0.729. The number of nitrogens with zero attached hydrogens (tertiary/aromatic N) is 4. The van der Waals surface area contributed by atoms with E-state index < -0.39 is 11.6 Å². The molecule has 0 N–H and O–H groups in total. The summed E-state index contributed by atoms with van der Waals surface area (Å²) in [6, 6.07) is 13.0. The zero-order valence-corrected chi connectivity index (χ0v) is 16.2. The van der Waals surface area contributed by atoms with Crippen molar-refractivity contribution in [2.45, 2.75) is 6.54 Å². The second kappa shape index (κ2) is 8.08. The van der Waals surface area contributed by atoms with Gasteiger partial charge in [0.1, 0.15) is 12.4 Å². The Labute approximate surface area is 170 Å². The lowest BCUT2D eigenvalue weighted by molar-refractivity contribution is -0.132. The molecule has 2 heterocycles. The summed E-state index contributed by atoms with van der Waals surface area (Å²) in [5.74, 6) is -1.30. The molecule has 3 aromatic rings. The van der Waals surface area contributed by atoms with Gasteiger partial charge in [-0.25, -0.2) is 9.18 Å². The first kappa shape index (κ1) is 19.2. The first-order chi connectivity index (χ1) is 14.0. The second-order valence-corrected chi connectivity index (χ2v) is 7.06. The number of para-hydroxylation sites is 1. The van der Waals surface area contributed by atoms with E-state index in [1.54, 1.807) is 4.90 Å². The van der Waals surface area contributed by atoms with E-state index in [-0.39, 0.29) is 18.3 Å². The number of rotatable bonds is 4. The third-order valence-electron chi connectivity index (χ3n) is 4.81. The molecule has 0 unspecified atom stereocenters. The molecule has 0 spiro atoms. The Kier molecular flexibility index (Phi) is 5.35. The predicted octanol–water partition coefficient (Wildman–Crippen LogP) is 2.64. The standard InChI is InChI=1S/C20H18ClFN4O3/c21-16-3-1-2-4-17(16)24-9-11-25(12-10-24)18(27)13-26-20(28)29-19(23-26)14-5-7-15(22)8-6-14/h1-8H,9-13H2. The van der Waals surface area contributed by atoms with E-state index >= 15 is 0 Å². The summed E-state index contributed by atoms with van der Waals surface area (Å²) >= 11 is 6.24. The number of benzene rings is 2. The minimum absolute atomic E-state index is 0.0475. The van der Waals surface area contributed by atoms with Crippen molar-refractivity contribution in [3.8, 4) is 11.5 Å². The number of anilines is 1. The van der Waals surface area contributed by atoms with Crippen LogP contribution in [0.1, 0.15) is 0 Å². The van der Waals surface area contributed by atoms with E-state index in [0.717, 1.165) is 10.4 Å². The van der Waals surface area contributed by atoms with Crippen molar-refractivity contribution < 1.29 is 13.6 Å². The van der Waals surface area contributed by atoms with Crippen molar-refractivity contribution in [3.63, 3.8) is 0 Å². The Balaban J connectivity index is 1.40. The van der Waals surface area contributed by atoms with Gasteiger partial charge in [-0.05, 0) is 36.4 Å². The molecule has 1 aliphatic heterocycles. The Morgan fingerprint density at radius 3 is 2.45 bits per heavy atom. The zero-order chi connectivity index (χ0) is 20.4. The maximum atomic E-state index is 13.0. The summed E-state index contributed by atoms with van der Waals surface area (Å²) in [5.41, 5.74) is 1.40. The molecule has 1 aliphatic rings. The van der Waals surface area contributed by atoms with Crippen LogP contribution >= 0.6 is 11.6 Å². The Morgan fingerprint density at radius 2 is 1.76 bits per heavy atom. The molecule has 9 heteroatoms. The fourth-order valence-corrected chi connectivity index (χ4v) is 3.50. The number of amides is 1. The van der Waals surface area contributed by atoms with Crippen molar-refractivity contribution in [2.24, 2.45) is 0 Å². The number of carbonyl (C=O) groups is 1. The molecule has 2 aromatic carbocycles. The summed E-state index contributed by atoms with van der Waals surface area (Å²) in [6.45, 7) is 2.10. The summed E-state index contributed by atoms with van der Waals surface area (Å²) in [7, 11) is 0. The van der Waals surface area contributed by atoms with Gasteiger partial charge in [0.25, 0.3) is 0 Å². The molecular formula is C20H18ClFN4O3. The van der Waals surface area contributed by atoms with Crippen molar-refractivity contribution in [3.05, 3.63) is 69.9 Å². The fraction of sp³-hybridized carbons (Fsp3) is 0.250. The molecule has 0 bridgehead atoms. The van der Waals surface area contributed by atoms with Gasteiger partial charge < -0.3 is 14.2 Å². The van der Waals surface area contributed by atoms with Gasteiger partial charge in [0.15, 0.2) is 0 Å². The summed E-state index contributed by atoms with van der Waals surface area (Å²) in [5, 5.41) is 4.73. The molecule has 0 saturated carbocycles. The molecule has 29 heavy (non-hydrogen) atoms. The second-order valence-electron chi connectivity index (χ2n) is 6.66. The highest BCUT2D eigenvalue weighted by molar-refractivity contribution is 6.33. The van der Waals surface area contributed by atoms with Gasteiger partial charge in [-0.3, -0.25) is 4.79 Å². The maximum absolute atomic E-state index is 13.0. The number of hydrogen-bond acceptors (Lipinski definition) is 5. The molecule has 1 fully saturated rings. The Hall–Kier alpha value is -3.13. The highest BCUT2D eigenvalue weighted by Gasteiger charge is 2.24. The molecular weight excluding hydrogens is 399 g/mol. The summed E-state index contributed by atoms with van der Waals surface area (Å²) in [6.07, 6.45) is 0. The van der Waals surface area contributed by atoms with Crippen molar-refractivity contribution in [2.75, 3.05) is 31.1 Å². The smallest absolute Gasteiger partial charge is 0.388 e. The highest BCUT2D eigenvalue weighted by Crippen LogP contribution is 2.26. The fourth-order valence-electron chi connectivity index (χ4n) is 3.25. The topological polar surface area (TPSA) is 71.6 Å². The van der Waals surface area contributed by atoms with Crippen LogP contribution in [0.25, 0.3) is 11.5 Å². The number of piperazine rings is 1. The van der Waals surface area contributed by atoms with E-state index in [1.807, 2.05) is 24.3 Å². The number of carbonyl (C=O) groups excluding carboxylic acids is 1. The maximum Gasteiger partial charge on any atom is 0.437 e. The van der Waals surface area contributed by atoms with Gasteiger partial charge >= 0.3 is 5.76 Å². The SMILES string of the molecule is O=C(Cn1nc(-c2ccc(F)cc2)oc1=O)N1CCN(c2ccccc2Cl)CC1. The lowest BCUT2D eigenvalue weighted by Crippen LogP contribution is -2.50. The van der Waals surface area contributed by atoms with Crippen LogP contribution in [0, 0.1) is 5.82 Å². The average Bonchev–Trinajstić information content (AvgIpc) is 3.09. The lowest BCUT2D eigenvalue weighted by Gasteiger charge is -2.36. The van der Waals surface area contributed by atoms with Gasteiger partial charge in [0, 0.05) is 31.7 Å². The van der Waals surface area contributed by atoms with Crippen LogP contribution in [0.15, 0.2) is 57.7 Å². The molecule has 0 atom stereocenters. The van der Waals surface area contributed by atoms with Crippen LogP contribution in [-0.2, 0) is 11.3 Å². The number of hydrogen-bond donors (Lipinski definition) is 0. The Bertz CT molecular complexity index is 1070. The predicted molar refractivity (Wildman–Crippen MR) is 106 cm³/mol.